The molecule has 8 nitrogen and oxygen atoms in total. The number of thioether (sulfide) groups is 1. The standard InChI is InChI=1S/C9H15N3O5S/c10-7(16)2-1-18-9-6(15)4(13)3(12(2)9)5(14)8(11)17/h2-6,9,13-15H,1H2,(H2,10,16)(H2,11,17)/t2-,3+,4-,5+,6+,9-/m0/s1. The van der Waals surface area contributed by atoms with Crippen LogP contribution in [-0.2, 0) is 9.59 Å². The van der Waals surface area contributed by atoms with Gasteiger partial charge in [0.15, 0.2) is 6.10 Å². The van der Waals surface area contributed by atoms with Gasteiger partial charge in [0.2, 0.25) is 11.8 Å². The summed E-state index contributed by atoms with van der Waals surface area (Å²) < 4.78 is 0. The number of primary amides is 2. The molecule has 2 saturated heterocycles. The van der Waals surface area contributed by atoms with E-state index in [0.29, 0.717) is 5.75 Å². The number of amides is 2. The summed E-state index contributed by atoms with van der Waals surface area (Å²) in [6, 6.07) is -1.86. The quantitative estimate of drug-likeness (QED) is 0.354. The fraction of sp³-hybridized carbons (Fsp3) is 0.778. The molecule has 18 heavy (non-hydrogen) atoms. The lowest BCUT2D eigenvalue weighted by atomic mass is 10.0. The second-order valence-corrected chi connectivity index (χ2v) is 5.56. The van der Waals surface area contributed by atoms with Crippen LogP contribution in [0.2, 0.25) is 0 Å². The number of carbonyl (C=O) groups excluding carboxylic acids is 2. The topological polar surface area (TPSA) is 150 Å². The number of rotatable bonds is 3. The van der Waals surface area contributed by atoms with E-state index in [9.17, 15) is 24.9 Å². The van der Waals surface area contributed by atoms with E-state index >= 15 is 0 Å². The average Bonchev–Trinajstić information content (AvgIpc) is 2.80. The molecule has 2 heterocycles. The van der Waals surface area contributed by atoms with Gasteiger partial charge in [-0.15, -0.1) is 11.8 Å². The first-order chi connectivity index (χ1) is 8.36. The summed E-state index contributed by atoms with van der Waals surface area (Å²) >= 11 is 1.25. The fourth-order valence-corrected chi connectivity index (χ4v) is 4.02. The number of aliphatic hydroxyl groups excluding tert-OH is 3. The molecule has 0 saturated carbocycles. The Labute approximate surface area is 107 Å². The van der Waals surface area contributed by atoms with Crippen molar-refractivity contribution in [1.29, 1.82) is 0 Å². The Balaban J connectivity index is 2.31. The van der Waals surface area contributed by atoms with Crippen LogP contribution in [0.25, 0.3) is 0 Å². The lowest BCUT2D eigenvalue weighted by Crippen LogP contribution is -2.56. The molecule has 0 bridgehead atoms. The van der Waals surface area contributed by atoms with E-state index in [1.807, 2.05) is 0 Å². The SMILES string of the molecule is NC(=O)[C@H](O)[C@H]1[C@H](O)[C@@H](O)[C@@H]2SC[C@@H](C(N)=O)N12. The highest BCUT2D eigenvalue weighted by Gasteiger charge is 2.58. The fourth-order valence-electron chi connectivity index (χ4n) is 2.49. The third-order valence-corrected chi connectivity index (χ3v) is 4.73. The largest absolute Gasteiger partial charge is 0.389 e. The summed E-state index contributed by atoms with van der Waals surface area (Å²) in [5.74, 6) is -1.31. The van der Waals surface area contributed by atoms with Gasteiger partial charge in [-0.2, -0.15) is 0 Å². The Morgan fingerprint density at radius 3 is 2.39 bits per heavy atom. The molecule has 0 aromatic carbocycles. The summed E-state index contributed by atoms with van der Waals surface area (Å²) in [6.07, 6.45) is -4.19. The first-order valence-corrected chi connectivity index (χ1v) is 6.43. The predicted molar refractivity (Wildman–Crippen MR) is 62.1 cm³/mol. The summed E-state index contributed by atoms with van der Waals surface area (Å²) in [4.78, 5) is 23.7. The number of fused-ring (bicyclic) bond motifs is 1. The molecule has 0 unspecified atom stereocenters. The van der Waals surface area contributed by atoms with E-state index < -0.39 is 47.6 Å². The first kappa shape index (κ1) is 13.6. The van der Waals surface area contributed by atoms with Gasteiger partial charge < -0.3 is 26.8 Å². The van der Waals surface area contributed by atoms with Gasteiger partial charge in [-0.1, -0.05) is 0 Å². The molecule has 0 aromatic rings. The van der Waals surface area contributed by atoms with Crippen LogP contribution in [0.1, 0.15) is 0 Å². The van der Waals surface area contributed by atoms with Crippen molar-refractivity contribution in [2.75, 3.05) is 5.75 Å². The van der Waals surface area contributed by atoms with Crippen LogP contribution >= 0.6 is 11.8 Å². The van der Waals surface area contributed by atoms with Crippen molar-refractivity contribution in [3.63, 3.8) is 0 Å². The third-order valence-electron chi connectivity index (χ3n) is 3.36. The van der Waals surface area contributed by atoms with Gasteiger partial charge >= 0.3 is 0 Å². The Kier molecular flexibility index (Phi) is 3.52. The van der Waals surface area contributed by atoms with Gasteiger partial charge in [0.1, 0.15) is 12.2 Å². The van der Waals surface area contributed by atoms with Crippen molar-refractivity contribution < 1.29 is 24.9 Å². The second-order valence-electron chi connectivity index (χ2n) is 4.41. The molecule has 7 N–H and O–H groups in total. The van der Waals surface area contributed by atoms with Crippen LogP contribution in [0.3, 0.4) is 0 Å². The van der Waals surface area contributed by atoms with Crippen molar-refractivity contribution in [2.45, 2.75) is 35.8 Å². The molecule has 2 fully saturated rings. The molecule has 2 amide bonds. The minimum absolute atomic E-state index is 0.339. The zero-order valence-corrected chi connectivity index (χ0v) is 10.2. The molecule has 102 valence electrons. The van der Waals surface area contributed by atoms with E-state index in [-0.39, 0.29) is 0 Å². The molecule has 9 heteroatoms. The van der Waals surface area contributed by atoms with E-state index in [2.05, 4.69) is 0 Å². The number of hydrogen-bond acceptors (Lipinski definition) is 7. The molecule has 0 spiro atoms. The highest BCUT2D eigenvalue weighted by molar-refractivity contribution is 8.00. The van der Waals surface area contributed by atoms with E-state index in [4.69, 9.17) is 11.5 Å². The molecule has 2 rings (SSSR count). The third kappa shape index (κ3) is 1.88. The maximum atomic E-state index is 11.3. The van der Waals surface area contributed by atoms with E-state index in [1.54, 1.807) is 0 Å². The molecule has 0 aliphatic carbocycles. The lowest BCUT2D eigenvalue weighted by Gasteiger charge is -2.30. The molecular formula is C9H15N3O5S. The highest BCUT2D eigenvalue weighted by Crippen LogP contribution is 2.41. The van der Waals surface area contributed by atoms with Crippen LogP contribution in [-0.4, -0.2) is 73.6 Å². The van der Waals surface area contributed by atoms with Gasteiger partial charge in [0.05, 0.1) is 17.5 Å². The predicted octanol–water partition coefficient (Wildman–Crippen LogP) is -3.83. The number of nitrogens with two attached hydrogens (primary N) is 2. The Morgan fingerprint density at radius 2 is 1.89 bits per heavy atom. The van der Waals surface area contributed by atoms with Gasteiger partial charge in [-0.3, -0.25) is 14.5 Å². The van der Waals surface area contributed by atoms with Crippen molar-refractivity contribution >= 4 is 23.6 Å². The first-order valence-electron chi connectivity index (χ1n) is 5.38. The van der Waals surface area contributed by atoms with Gasteiger partial charge in [-0.25, -0.2) is 0 Å². The number of aliphatic hydroxyl groups is 3. The van der Waals surface area contributed by atoms with Crippen LogP contribution in [0, 0.1) is 0 Å². The summed E-state index contributed by atoms with van der Waals surface area (Å²) in [5, 5.41) is 28.8. The molecular weight excluding hydrogens is 262 g/mol. The normalized spacial score (nSPS) is 41.6. The van der Waals surface area contributed by atoms with Crippen molar-refractivity contribution in [3.05, 3.63) is 0 Å². The number of nitrogens with zero attached hydrogens (tertiary/aromatic N) is 1. The van der Waals surface area contributed by atoms with Crippen LogP contribution in [0.4, 0.5) is 0 Å². The van der Waals surface area contributed by atoms with Gasteiger partial charge in [0, 0.05) is 5.75 Å². The van der Waals surface area contributed by atoms with Crippen LogP contribution < -0.4 is 11.5 Å². The Morgan fingerprint density at radius 1 is 1.28 bits per heavy atom. The summed E-state index contributed by atoms with van der Waals surface area (Å²) in [6.45, 7) is 0. The zero-order valence-electron chi connectivity index (χ0n) is 9.34. The average molecular weight is 277 g/mol. The molecule has 0 radical (unpaired) electrons. The van der Waals surface area contributed by atoms with Crippen molar-refractivity contribution in [3.8, 4) is 0 Å². The monoisotopic (exact) mass is 277 g/mol. The summed E-state index contributed by atoms with van der Waals surface area (Å²) in [5.41, 5.74) is 10.2. The van der Waals surface area contributed by atoms with Crippen molar-refractivity contribution in [1.82, 2.24) is 4.90 Å². The smallest absolute Gasteiger partial charge is 0.248 e. The molecule has 2 aliphatic heterocycles. The molecule has 2 aliphatic rings. The van der Waals surface area contributed by atoms with E-state index in [1.165, 1.54) is 16.7 Å². The zero-order chi connectivity index (χ0) is 13.6. The lowest BCUT2D eigenvalue weighted by molar-refractivity contribution is -0.134. The van der Waals surface area contributed by atoms with E-state index in [0.717, 1.165) is 0 Å². The van der Waals surface area contributed by atoms with Crippen LogP contribution in [0.15, 0.2) is 0 Å². The minimum Gasteiger partial charge on any atom is -0.389 e. The van der Waals surface area contributed by atoms with Gasteiger partial charge in [-0.05, 0) is 0 Å². The number of carbonyl (C=O) groups is 2. The Bertz CT molecular complexity index is 381. The van der Waals surface area contributed by atoms with Crippen molar-refractivity contribution in [2.24, 2.45) is 11.5 Å². The second kappa shape index (κ2) is 4.67. The summed E-state index contributed by atoms with van der Waals surface area (Å²) in [7, 11) is 0. The Hall–Kier alpha value is -0.870. The van der Waals surface area contributed by atoms with Crippen LogP contribution in [0.5, 0.6) is 0 Å². The molecule has 6 atom stereocenters. The maximum Gasteiger partial charge on any atom is 0.248 e. The highest BCUT2D eigenvalue weighted by atomic mass is 32.2. The minimum atomic E-state index is -1.67. The van der Waals surface area contributed by atoms with Gasteiger partial charge in [0.25, 0.3) is 0 Å². The molecule has 0 aromatic heterocycles. The maximum absolute atomic E-state index is 11.3. The number of hydrogen-bond donors (Lipinski definition) is 5.